The van der Waals surface area contributed by atoms with Gasteiger partial charge in [0.15, 0.2) is 0 Å². The Balaban J connectivity index is 1.47. The summed E-state index contributed by atoms with van der Waals surface area (Å²) in [5, 5.41) is 13.8. The van der Waals surface area contributed by atoms with Crippen LogP contribution < -0.4 is 14.5 Å². The van der Waals surface area contributed by atoms with E-state index in [0.29, 0.717) is 41.4 Å². The smallest absolute Gasteiger partial charge is 0.268 e. The van der Waals surface area contributed by atoms with E-state index in [-0.39, 0.29) is 4.90 Å². The van der Waals surface area contributed by atoms with Crippen molar-refractivity contribution in [2.24, 2.45) is 0 Å². The Labute approximate surface area is 218 Å². The highest BCUT2D eigenvalue weighted by atomic mass is 32.2. The first-order valence-electron chi connectivity index (χ1n) is 12.7. The largest absolute Gasteiger partial charge is 0.386 e. The number of likely N-dealkylation sites (N-methyl/N-ethyl adjacent to an activating group) is 1. The Morgan fingerprint density at radius 3 is 2.41 bits per heavy atom. The fourth-order valence-electron chi connectivity index (χ4n) is 4.77. The monoisotopic (exact) mass is 522 g/mol. The third-order valence-corrected chi connectivity index (χ3v) is 8.78. The maximum Gasteiger partial charge on any atom is 0.268 e. The molecule has 37 heavy (non-hydrogen) atoms. The van der Waals surface area contributed by atoms with Crippen LogP contribution in [0.4, 0.5) is 23.0 Å². The number of aromatic nitrogens is 2. The first-order valence-corrected chi connectivity index (χ1v) is 14.1. The average Bonchev–Trinajstić information content (AvgIpc) is 2.87. The van der Waals surface area contributed by atoms with Crippen molar-refractivity contribution in [3.63, 3.8) is 0 Å². The summed E-state index contributed by atoms with van der Waals surface area (Å²) in [6, 6.07) is 13.5. The average molecular weight is 523 g/mol. The number of aliphatic hydroxyl groups is 1. The Morgan fingerprint density at radius 2 is 1.76 bits per heavy atom. The van der Waals surface area contributed by atoms with Gasteiger partial charge in [-0.25, -0.2) is 18.4 Å². The molecule has 0 bridgehead atoms. The molecule has 1 aromatic heterocycles. The lowest BCUT2D eigenvalue weighted by molar-refractivity contribution is 0.0786. The normalized spacial score (nSPS) is 17.3. The maximum atomic E-state index is 13.6. The standard InChI is InChI=1S/C27H34N6O3S/c1-5-12-33-23-17-19(27(2,3)34)6-11-22(23)25-24(37(33,35)36)18-28-26(30-25)29-20-7-9-21(10-8-20)32-15-13-31(4)14-16-32/h6-11,17-18,34H,5,12-16H2,1-4H3,(H,28,29,30). The Bertz CT molecular complexity index is 1390. The molecule has 1 fully saturated rings. The molecule has 3 heterocycles. The zero-order valence-electron chi connectivity index (χ0n) is 21.8. The SMILES string of the molecule is CCCN1c2cc(C(C)(C)O)ccc2-c2nc(Nc3ccc(N4CCN(C)CC4)cc3)ncc2S1(=O)=O. The quantitative estimate of drug-likeness (QED) is 0.504. The van der Waals surface area contributed by atoms with Crippen LogP contribution in [0.2, 0.25) is 0 Å². The molecule has 0 aliphatic carbocycles. The highest BCUT2D eigenvalue weighted by Gasteiger charge is 2.37. The maximum absolute atomic E-state index is 13.6. The van der Waals surface area contributed by atoms with Gasteiger partial charge in [0.1, 0.15) is 4.90 Å². The summed E-state index contributed by atoms with van der Waals surface area (Å²) in [6.07, 6.45) is 2.03. The molecule has 1 saturated heterocycles. The summed E-state index contributed by atoms with van der Waals surface area (Å²) in [4.78, 5) is 13.8. The van der Waals surface area contributed by atoms with E-state index in [0.717, 1.165) is 31.9 Å². The lowest BCUT2D eigenvalue weighted by atomic mass is 9.95. The van der Waals surface area contributed by atoms with Crippen molar-refractivity contribution in [2.75, 3.05) is 54.3 Å². The van der Waals surface area contributed by atoms with Gasteiger partial charge >= 0.3 is 0 Å². The van der Waals surface area contributed by atoms with E-state index >= 15 is 0 Å². The highest BCUT2D eigenvalue weighted by Crippen LogP contribution is 2.43. The van der Waals surface area contributed by atoms with Crippen molar-refractivity contribution < 1.29 is 13.5 Å². The number of sulfonamides is 1. The Kier molecular flexibility index (Phi) is 6.59. The number of hydrogen-bond acceptors (Lipinski definition) is 8. The van der Waals surface area contributed by atoms with Gasteiger partial charge in [-0.05, 0) is 63.2 Å². The number of nitrogens with one attached hydrogen (secondary N) is 1. The van der Waals surface area contributed by atoms with Gasteiger partial charge in [0, 0.05) is 49.7 Å². The molecule has 0 amide bonds. The van der Waals surface area contributed by atoms with E-state index in [1.165, 1.54) is 16.2 Å². The van der Waals surface area contributed by atoms with E-state index in [1.54, 1.807) is 19.9 Å². The van der Waals surface area contributed by atoms with Gasteiger partial charge in [0.2, 0.25) is 5.95 Å². The zero-order chi connectivity index (χ0) is 26.4. The lowest BCUT2D eigenvalue weighted by Crippen LogP contribution is -2.44. The fourth-order valence-corrected chi connectivity index (χ4v) is 6.43. The van der Waals surface area contributed by atoms with Crippen molar-refractivity contribution >= 4 is 33.0 Å². The Hall–Kier alpha value is -3.21. The molecule has 0 spiro atoms. The van der Waals surface area contributed by atoms with Crippen molar-refractivity contribution in [3.8, 4) is 11.3 Å². The molecule has 3 aromatic rings. The second-order valence-corrected chi connectivity index (χ2v) is 12.1. The van der Waals surface area contributed by atoms with Gasteiger partial charge in [0.05, 0.1) is 23.2 Å². The van der Waals surface area contributed by atoms with Crippen LogP contribution in [-0.4, -0.2) is 68.2 Å². The topological polar surface area (TPSA) is 102 Å². The summed E-state index contributed by atoms with van der Waals surface area (Å²) in [7, 11) is -1.70. The predicted octanol–water partition coefficient (Wildman–Crippen LogP) is 3.79. The summed E-state index contributed by atoms with van der Waals surface area (Å²) in [6.45, 7) is 9.70. The molecule has 10 heteroatoms. The number of piperazine rings is 1. The number of rotatable bonds is 6. The molecule has 2 aliphatic rings. The molecular weight excluding hydrogens is 488 g/mol. The number of fused-ring (bicyclic) bond motifs is 3. The molecule has 0 unspecified atom stereocenters. The van der Waals surface area contributed by atoms with Crippen LogP contribution in [0.5, 0.6) is 0 Å². The fraction of sp³-hybridized carbons (Fsp3) is 0.407. The molecule has 9 nitrogen and oxygen atoms in total. The minimum atomic E-state index is -3.84. The van der Waals surface area contributed by atoms with Crippen LogP contribution in [0.3, 0.4) is 0 Å². The summed E-state index contributed by atoms with van der Waals surface area (Å²) in [5.41, 5.74) is 3.10. The van der Waals surface area contributed by atoms with Crippen molar-refractivity contribution in [2.45, 2.75) is 37.7 Å². The minimum absolute atomic E-state index is 0.0837. The summed E-state index contributed by atoms with van der Waals surface area (Å²) >= 11 is 0. The Morgan fingerprint density at radius 1 is 1.05 bits per heavy atom. The van der Waals surface area contributed by atoms with Crippen molar-refractivity contribution in [1.82, 2.24) is 14.9 Å². The van der Waals surface area contributed by atoms with Gasteiger partial charge in [0.25, 0.3) is 10.0 Å². The zero-order valence-corrected chi connectivity index (χ0v) is 22.6. The van der Waals surface area contributed by atoms with Gasteiger partial charge in [-0.15, -0.1) is 0 Å². The first-order chi connectivity index (χ1) is 17.6. The van der Waals surface area contributed by atoms with Crippen LogP contribution in [0, 0.1) is 0 Å². The first kappa shape index (κ1) is 25.4. The summed E-state index contributed by atoms with van der Waals surface area (Å²) < 4.78 is 28.5. The van der Waals surface area contributed by atoms with Crippen LogP contribution >= 0.6 is 0 Å². The molecule has 2 aromatic carbocycles. The number of hydrogen-bond donors (Lipinski definition) is 2. The van der Waals surface area contributed by atoms with E-state index < -0.39 is 15.6 Å². The molecule has 2 N–H and O–H groups in total. The predicted molar refractivity (Wildman–Crippen MR) is 147 cm³/mol. The summed E-state index contributed by atoms with van der Waals surface area (Å²) in [5.74, 6) is 0.322. The van der Waals surface area contributed by atoms with Gasteiger partial charge in [-0.2, -0.15) is 0 Å². The molecule has 0 saturated carbocycles. The van der Waals surface area contributed by atoms with E-state index in [9.17, 15) is 13.5 Å². The van der Waals surface area contributed by atoms with Gasteiger partial charge in [-0.3, -0.25) is 4.31 Å². The molecule has 196 valence electrons. The number of nitrogens with zero attached hydrogens (tertiary/aromatic N) is 5. The van der Waals surface area contributed by atoms with Crippen molar-refractivity contribution in [1.29, 1.82) is 0 Å². The highest BCUT2D eigenvalue weighted by molar-refractivity contribution is 7.93. The van der Waals surface area contributed by atoms with E-state index in [2.05, 4.69) is 44.3 Å². The van der Waals surface area contributed by atoms with Gasteiger partial charge < -0.3 is 20.2 Å². The molecular formula is C27H34N6O3S. The van der Waals surface area contributed by atoms with Crippen molar-refractivity contribution in [3.05, 3.63) is 54.2 Å². The van der Waals surface area contributed by atoms with E-state index in [1.807, 2.05) is 31.2 Å². The second kappa shape index (κ2) is 9.59. The molecule has 0 atom stereocenters. The third-order valence-electron chi connectivity index (χ3n) is 6.97. The lowest BCUT2D eigenvalue weighted by Gasteiger charge is -2.34. The molecule has 0 radical (unpaired) electrons. The number of anilines is 4. The number of benzene rings is 2. The van der Waals surface area contributed by atoms with Crippen LogP contribution in [-0.2, 0) is 15.6 Å². The minimum Gasteiger partial charge on any atom is -0.386 e. The van der Waals surface area contributed by atoms with Gasteiger partial charge in [-0.1, -0.05) is 19.1 Å². The molecule has 2 aliphatic heterocycles. The second-order valence-electron chi connectivity index (χ2n) is 10.2. The van der Waals surface area contributed by atoms with Crippen LogP contribution in [0.25, 0.3) is 11.3 Å². The van der Waals surface area contributed by atoms with Crippen LogP contribution in [0.1, 0.15) is 32.8 Å². The van der Waals surface area contributed by atoms with E-state index in [4.69, 9.17) is 0 Å². The van der Waals surface area contributed by atoms with Crippen LogP contribution in [0.15, 0.2) is 53.6 Å². The third kappa shape index (κ3) is 4.88. The molecule has 5 rings (SSSR count).